The van der Waals surface area contributed by atoms with Gasteiger partial charge in [0.15, 0.2) is 16.7 Å². The summed E-state index contributed by atoms with van der Waals surface area (Å²) in [4.78, 5) is 24.0. The van der Waals surface area contributed by atoms with Crippen LogP contribution in [-0.2, 0) is 11.8 Å². The van der Waals surface area contributed by atoms with Gasteiger partial charge in [-0.15, -0.1) is 10.2 Å². The molecule has 10 heteroatoms. The van der Waals surface area contributed by atoms with E-state index in [2.05, 4.69) is 20.8 Å². The number of imide groups is 1. The number of carbonyl (C=O) groups is 2. The maximum Gasteiger partial charge on any atom is 0.325 e. The minimum Gasteiger partial charge on any atom is -0.486 e. The van der Waals surface area contributed by atoms with Crippen LogP contribution >= 0.6 is 11.8 Å². The van der Waals surface area contributed by atoms with Gasteiger partial charge in [-0.1, -0.05) is 11.8 Å². The Morgan fingerprint density at radius 3 is 2.78 bits per heavy atom. The second kappa shape index (κ2) is 7.47. The Morgan fingerprint density at radius 1 is 1.22 bits per heavy atom. The molecule has 3 amide bonds. The summed E-state index contributed by atoms with van der Waals surface area (Å²) in [6, 6.07) is 4.46. The normalized spacial score (nSPS) is 15.3. The van der Waals surface area contributed by atoms with Crippen LogP contribution in [0, 0.1) is 0 Å². The number of urea groups is 1. The number of nitrogens with one attached hydrogen (secondary N) is 2. The summed E-state index contributed by atoms with van der Waals surface area (Å²) >= 11 is 1.25. The van der Waals surface area contributed by atoms with Crippen LogP contribution in [0.3, 0.4) is 0 Å². The van der Waals surface area contributed by atoms with Crippen molar-refractivity contribution in [1.29, 1.82) is 0 Å². The number of rotatable bonds is 5. The number of hydrogen-bond acceptors (Lipinski definition) is 7. The molecule has 0 bridgehead atoms. The largest absolute Gasteiger partial charge is 0.486 e. The number of benzene rings is 1. The molecule has 0 saturated heterocycles. The van der Waals surface area contributed by atoms with Crippen molar-refractivity contribution in [3.63, 3.8) is 0 Å². The maximum atomic E-state index is 12.0. The Hall–Kier alpha value is -2.75. The van der Waals surface area contributed by atoms with Crippen LogP contribution in [0.5, 0.6) is 11.5 Å². The van der Waals surface area contributed by atoms with Crippen molar-refractivity contribution in [3.05, 3.63) is 24.0 Å². The summed E-state index contributed by atoms with van der Waals surface area (Å²) < 4.78 is 12.8. The Kier molecular flexibility index (Phi) is 4.88. The van der Waals surface area contributed by atoms with Gasteiger partial charge in [0.25, 0.3) is 0 Å². The summed E-state index contributed by atoms with van der Waals surface area (Å²) in [7, 11) is 1.89. The van der Waals surface area contributed by atoms with Crippen LogP contribution < -0.4 is 20.1 Å². The topological polar surface area (TPSA) is 107 Å². The minimum absolute atomic E-state index is 0.0746. The van der Waals surface area contributed by atoms with Gasteiger partial charge in [-0.05, 0) is 25.0 Å². The van der Waals surface area contributed by atoms with Crippen molar-refractivity contribution in [2.24, 2.45) is 7.05 Å². The van der Waals surface area contributed by atoms with E-state index in [9.17, 15) is 9.59 Å². The molecule has 0 atom stereocenters. The third-order valence-corrected chi connectivity index (χ3v) is 5.22. The lowest BCUT2D eigenvalue weighted by atomic mass is 10.2. The van der Waals surface area contributed by atoms with Gasteiger partial charge >= 0.3 is 6.03 Å². The highest BCUT2D eigenvalue weighted by molar-refractivity contribution is 7.99. The first-order chi connectivity index (χ1) is 13.1. The third kappa shape index (κ3) is 4.16. The lowest BCUT2D eigenvalue weighted by Gasteiger charge is -2.19. The average Bonchev–Trinajstić information content (AvgIpc) is 3.43. The predicted molar refractivity (Wildman–Crippen MR) is 98.3 cm³/mol. The predicted octanol–water partition coefficient (Wildman–Crippen LogP) is 1.90. The molecule has 27 heavy (non-hydrogen) atoms. The third-order valence-electron chi connectivity index (χ3n) is 4.20. The van der Waals surface area contributed by atoms with E-state index in [1.807, 2.05) is 11.6 Å². The zero-order valence-corrected chi connectivity index (χ0v) is 15.5. The van der Waals surface area contributed by atoms with E-state index < -0.39 is 11.9 Å². The summed E-state index contributed by atoms with van der Waals surface area (Å²) in [5.41, 5.74) is 0.513. The molecular weight excluding hydrogens is 370 g/mol. The van der Waals surface area contributed by atoms with Gasteiger partial charge in [0.2, 0.25) is 5.91 Å². The first-order valence-electron chi connectivity index (χ1n) is 8.63. The molecule has 0 spiro atoms. The molecule has 0 radical (unpaired) electrons. The van der Waals surface area contributed by atoms with E-state index in [4.69, 9.17) is 9.47 Å². The molecule has 9 nitrogen and oxygen atoms in total. The van der Waals surface area contributed by atoms with Crippen molar-refractivity contribution >= 4 is 29.4 Å². The second-order valence-corrected chi connectivity index (χ2v) is 7.27. The highest BCUT2D eigenvalue weighted by Crippen LogP contribution is 2.39. The van der Waals surface area contributed by atoms with Crippen molar-refractivity contribution in [3.8, 4) is 11.5 Å². The van der Waals surface area contributed by atoms with Gasteiger partial charge in [0.1, 0.15) is 19.0 Å². The molecule has 1 saturated carbocycles. The molecule has 1 aliphatic carbocycles. The quantitative estimate of drug-likeness (QED) is 0.752. The molecular formula is C17H19N5O4S. The van der Waals surface area contributed by atoms with Gasteiger partial charge in [-0.3, -0.25) is 10.1 Å². The smallest absolute Gasteiger partial charge is 0.325 e. The number of fused-ring (bicyclic) bond motifs is 1. The molecule has 1 aliphatic heterocycles. The van der Waals surface area contributed by atoms with Crippen molar-refractivity contribution in [1.82, 2.24) is 20.1 Å². The standard InChI is InChI=1S/C17H19N5O4S/c1-22-15(10-2-3-10)20-21-17(22)27-9-14(23)19-16(24)18-11-4-5-12-13(8-11)26-7-6-25-12/h4-5,8,10H,2-3,6-7,9H2,1H3,(H2,18,19,23,24). The van der Waals surface area contributed by atoms with Gasteiger partial charge in [-0.25, -0.2) is 4.79 Å². The van der Waals surface area contributed by atoms with Crippen molar-refractivity contribution in [2.75, 3.05) is 24.3 Å². The fourth-order valence-electron chi connectivity index (χ4n) is 2.73. The Morgan fingerprint density at radius 2 is 2.00 bits per heavy atom. The lowest BCUT2D eigenvalue weighted by Crippen LogP contribution is -2.35. The molecule has 1 aromatic carbocycles. The zero-order valence-electron chi connectivity index (χ0n) is 14.7. The van der Waals surface area contributed by atoms with E-state index in [1.165, 1.54) is 11.8 Å². The minimum atomic E-state index is -0.603. The van der Waals surface area contributed by atoms with E-state index in [-0.39, 0.29) is 5.75 Å². The Bertz CT molecular complexity index is 880. The van der Waals surface area contributed by atoms with Crippen LogP contribution in [-0.4, -0.2) is 45.7 Å². The average molecular weight is 389 g/mol. The molecule has 2 aliphatic rings. The van der Waals surface area contributed by atoms with Crippen LogP contribution in [0.4, 0.5) is 10.5 Å². The van der Waals surface area contributed by atoms with Gasteiger partial charge < -0.3 is 19.4 Å². The number of ether oxygens (including phenoxy) is 2. The monoisotopic (exact) mass is 389 g/mol. The molecule has 1 fully saturated rings. The number of amides is 3. The Labute approximate surface area is 159 Å². The zero-order chi connectivity index (χ0) is 18.8. The number of anilines is 1. The maximum absolute atomic E-state index is 12.0. The van der Waals surface area contributed by atoms with E-state index in [1.54, 1.807) is 18.2 Å². The van der Waals surface area contributed by atoms with Gasteiger partial charge in [0.05, 0.1) is 5.75 Å². The van der Waals surface area contributed by atoms with E-state index >= 15 is 0 Å². The number of carbonyl (C=O) groups excluding carboxylic acids is 2. The number of nitrogens with zero attached hydrogens (tertiary/aromatic N) is 3. The SMILES string of the molecule is Cn1c(SCC(=O)NC(=O)Nc2ccc3c(c2)OCCO3)nnc1C1CC1. The van der Waals surface area contributed by atoms with Crippen LogP contribution in [0.1, 0.15) is 24.6 Å². The molecule has 0 unspecified atom stereocenters. The molecule has 2 aromatic rings. The highest BCUT2D eigenvalue weighted by Gasteiger charge is 2.29. The first kappa shape index (κ1) is 17.7. The number of aromatic nitrogens is 3. The van der Waals surface area contributed by atoms with Crippen LogP contribution in [0.25, 0.3) is 0 Å². The number of thioether (sulfide) groups is 1. The van der Waals surface area contributed by atoms with Crippen molar-refractivity contribution in [2.45, 2.75) is 23.9 Å². The second-order valence-electron chi connectivity index (χ2n) is 6.32. The molecule has 142 valence electrons. The Balaban J connectivity index is 1.27. The summed E-state index contributed by atoms with van der Waals surface area (Å²) in [6.45, 7) is 0.961. The summed E-state index contributed by atoms with van der Waals surface area (Å²) in [6.07, 6.45) is 2.27. The fraction of sp³-hybridized carbons (Fsp3) is 0.412. The molecule has 4 rings (SSSR count). The first-order valence-corrected chi connectivity index (χ1v) is 9.61. The lowest BCUT2D eigenvalue weighted by molar-refractivity contribution is -0.117. The molecule has 2 heterocycles. The van der Waals surface area contributed by atoms with Crippen LogP contribution in [0.15, 0.2) is 23.4 Å². The number of hydrogen-bond donors (Lipinski definition) is 2. The van der Waals surface area contributed by atoms with Gasteiger partial charge in [0, 0.05) is 24.7 Å². The van der Waals surface area contributed by atoms with E-state index in [0.717, 1.165) is 18.7 Å². The van der Waals surface area contributed by atoms with Crippen LogP contribution in [0.2, 0.25) is 0 Å². The molecule has 1 aromatic heterocycles. The molecule has 2 N–H and O–H groups in total. The highest BCUT2D eigenvalue weighted by atomic mass is 32.2. The summed E-state index contributed by atoms with van der Waals surface area (Å²) in [5, 5.41) is 13.9. The fourth-order valence-corrected chi connectivity index (χ4v) is 3.44. The summed E-state index contributed by atoms with van der Waals surface area (Å²) in [5.74, 6) is 2.30. The van der Waals surface area contributed by atoms with E-state index in [0.29, 0.717) is 41.5 Å². The van der Waals surface area contributed by atoms with Crippen molar-refractivity contribution < 1.29 is 19.1 Å². The van der Waals surface area contributed by atoms with Gasteiger partial charge in [-0.2, -0.15) is 0 Å².